The molecule has 0 bridgehead atoms. The van der Waals surface area contributed by atoms with Crippen LogP contribution in [0.3, 0.4) is 0 Å². The highest BCUT2D eigenvalue weighted by Crippen LogP contribution is 2.24. The largest absolute Gasteiger partial charge is 0.462 e. The molecule has 0 aliphatic rings. The number of nitrogens with zero attached hydrogens (tertiary/aromatic N) is 1. The van der Waals surface area contributed by atoms with Gasteiger partial charge in [0.15, 0.2) is 5.78 Å². The molecule has 0 spiro atoms. The Balaban J connectivity index is 1.78. The fourth-order valence-electron chi connectivity index (χ4n) is 2.95. The molecule has 7 nitrogen and oxygen atoms in total. The molecule has 3 rings (SSSR count). The van der Waals surface area contributed by atoms with Gasteiger partial charge in [0, 0.05) is 17.2 Å². The first-order valence-corrected chi connectivity index (χ1v) is 9.83. The van der Waals surface area contributed by atoms with Gasteiger partial charge in [-0.3, -0.25) is 9.59 Å². The average Bonchev–Trinajstić information content (AvgIpc) is 3.26. The van der Waals surface area contributed by atoms with Crippen LogP contribution in [0.1, 0.15) is 40.3 Å². The van der Waals surface area contributed by atoms with Crippen molar-refractivity contribution in [3.8, 4) is 17.4 Å². The Morgan fingerprint density at radius 1 is 1.06 bits per heavy atom. The number of carbonyl (C=O) groups is 3. The van der Waals surface area contributed by atoms with Crippen molar-refractivity contribution in [2.75, 3.05) is 11.9 Å². The number of carbonyl (C=O) groups excluding carboxylic acids is 3. The second-order valence-electron chi connectivity index (χ2n) is 6.73. The third kappa shape index (κ3) is 5.18. The van der Waals surface area contributed by atoms with Crippen molar-refractivity contribution in [3.05, 3.63) is 83.1 Å². The van der Waals surface area contributed by atoms with E-state index in [1.807, 2.05) is 6.07 Å². The average molecular weight is 428 g/mol. The van der Waals surface area contributed by atoms with Crippen LogP contribution in [0.15, 0.2) is 70.7 Å². The lowest BCUT2D eigenvalue weighted by molar-refractivity contribution is -0.112. The van der Waals surface area contributed by atoms with E-state index in [1.54, 1.807) is 67.6 Å². The molecule has 0 saturated heterocycles. The van der Waals surface area contributed by atoms with Crippen LogP contribution in [0.4, 0.5) is 5.69 Å². The van der Waals surface area contributed by atoms with Gasteiger partial charge in [0.1, 0.15) is 23.2 Å². The standard InChI is InChI=1S/C25H20N2O5/c1-3-31-25(30)18-10-8-17(9-11-18)23-13-12-20(32-23)14-19(15-26)24(29)27-22-7-5-4-6-21(22)16(2)28/h4-14H,3H2,1-2H3,(H,27,29)/b19-14-. The fourth-order valence-corrected chi connectivity index (χ4v) is 2.95. The molecule has 2 aromatic carbocycles. The normalized spacial score (nSPS) is 10.8. The monoisotopic (exact) mass is 428 g/mol. The summed E-state index contributed by atoms with van der Waals surface area (Å²) >= 11 is 0. The molecule has 0 atom stereocenters. The Morgan fingerprint density at radius 2 is 1.78 bits per heavy atom. The predicted molar refractivity (Wildman–Crippen MR) is 119 cm³/mol. The molecule has 3 aromatic rings. The first-order chi connectivity index (χ1) is 15.4. The van der Waals surface area contributed by atoms with Crippen LogP contribution in [-0.2, 0) is 9.53 Å². The molecule has 1 N–H and O–H groups in total. The smallest absolute Gasteiger partial charge is 0.338 e. The first kappa shape index (κ1) is 22.2. The molecule has 0 unspecified atom stereocenters. The molecule has 1 heterocycles. The molecule has 32 heavy (non-hydrogen) atoms. The molecular formula is C25H20N2O5. The van der Waals surface area contributed by atoms with Crippen molar-refractivity contribution in [2.45, 2.75) is 13.8 Å². The molecule has 1 aromatic heterocycles. The van der Waals surface area contributed by atoms with Gasteiger partial charge >= 0.3 is 5.97 Å². The number of furan rings is 1. The number of esters is 1. The number of para-hydroxylation sites is 1. The Bertz CT molecular complexity index is 1230. The van der Waals surface area contributed by atoms with Gasteiger partial charge in [-0.25, -0.2) is 4.79 Å². The number of hydrogen-bond acceptors (Lipinski definition) is 6. The molecule has 0 fully saturated rings. The van der Waals surface area contributed by atoms with Crippen LogP contribution < -0.4 is 5.32 Å². The summed E-state index contributed by atoms with van der Waals surface area (Å²) in [5.74, 6) is -0.448. The second kappa shape index (κ2) is 10.0. The van der Waals surface area contributed by atoms with Gasteiger partial charge in [0.05, 0.1) is 17.9 Å². The van der Waals surface area contributed by atoms with Gasteiger partial charge in [0.2, 0.25) is 0 Å². The van der Waals surface area contributed by atoms with Crippen molar-refractivity contribution >= 4 is 29.4 Å². The number of amides is 1. The Kier molecular flexibility index (Phi) is 6.99. The number of ketones is 1. The molecule has 0 aliphatic carbocycles. The van der Waals surface area contributed by atoms with Crippen molar-refractivity contribution in [3.63, 3.8) is 0 Å². The number of anilines is 1. The second-order valence-corrected chi connectivity index (χ2v) is 6.73. The number of rotatable bonds is 7. The SMILES string of the molecule is CCOC(=O)c1ccc(-c2ccc(/C=C(/C#N)C(=O)Nc3ccccc3C(C)=O)o2)cc1. The highest BCUT2D eigenvalue weighted by Gasteiger charge is 2.15. The number of ether oxygens (including phenoxy) is 1. The number of nitrogens with one attached hydrogen (secondary N) is 1. The maximum absolute atomic E-state index is 12.6. The van der Waals surface area contributed by atoms with Crippen molar-refractivity contribution < 1.29 is 23.5 Å². The summed E-state index contributed by atoms with van der Waals surface area (Å²) in [7, 11) is 0. The van der Waals surface area contributed by atoms with Crippen molar-refractivity contribution in [2.24, 2.45) is 0 Å². The third-order valence-electron chi connectivity index (χ3n) is 4.51. The van der Waals surface area contributed by atoms with Crippen LogP contribution >= 0.6 is 0 Å². The molecule has 0 aliphatic heterocycles. The Labute approximate surface area is 184 Å². The third-order valence-corrected chi connectivity index (χ3v) is 4.51. The highest BCUT2D eigenvalue weighted by molar-refractivity contribution is 6.12. The van der Waals surface area contributed by atoms with E-state index in [2.05, 4.69) is 5.32 Å². The van der Waals surface area contributed by atoms with Gasteiger partial charge < -0.3 is 14.5 Å². The minimum Gasteiger partial charge on any atom is -0.462 e. The zero-order chi connectivity index (χ0) is 23.1. The molecule has 0 radical (unpaired) electrons. The van der Waals surface area contributed by atoms with Crippen molar-refractivity contribution in [1.82, 2.24) is 0 Å². The van der Waals surface area contributed by atoms with Crippen LogP contribution in [0.2, 0.25) is 0 Å². The van der Waals surface area contributed by atoms with E-state index in [-0.39, 0.29) is 11.4 Å². The number of Topliss-reactive ketones (excluding diaryl/α,β-unsaturated/α-hetero) is 1. The molecular weight excluding hydrogens is 408 g/mol. The van der Waals surface area contributed by atoms with Gasteiger partial charge in [-0.2, -0.15) is 5.26 Å². The summed E-state index contributed by atoms with van der Waals surface area (Å²) in [5.41, 5.74) is 1.65. The molecule has 160 valence electrons. The quantitative estimate of drug-likeness (QED) is 0.249. The lowest BCUT2D eigenvalue weighted by Crippen LogP contribution is -2.15. The first-order valence-electron chi connectivity index (χ1n) is 9.83. The summed E-state index contributed by atoms with van der Waals surface area (Å²) in [4.78, 5) is 36.1. The summed E-state index contributed by atoms with van der Waals surface area (Å²) in [5, 5.41) is 12.0. The van der Waals surface area contributed by atoms with E-state index in [9.17, 15) is 19.6 Å². The molecule has 7 heteroatoms. The van der Waals surface area contributed by atoms with Crippen LogP contribution in [0.25, 0.3) is 17.4 Å². The van der Waals surface area contributed by atoms with Crippen LogP contribution in [-0.4, -0.2) is 24.3 Å². The number of hydrogen-bond donors (Lipinski definition) is 1. The minimum atomic E-state index is -0.655. The number of nitriles is 1. The van der Waals surface area contributed by atoms with E-state index in [0.717, 1.165) is 5.56 Å². The summed E-state index contributed by atoms with van der Waals surface area (Å²) in [6.07, 6.45) is 1.32. The van der Waals surface area contributed by atoms with E-state index in [4.69, 9.17) is 9.15 Å². The predicted octanol–water partition coefficient (Wildman–Crippen LogP) is 4.87. The Morgan fingerprint density at radius 3 is 2.44 bits per heavy atom. The maximum Gasteiger partial charge on any atom is 0.338 e. The summed E-state index contributed by atoms with van der Waals surface area (Å²) in [6.45, 7) is 3.43. The van der Waals surface area contributed by atoms with Gasteiger partial charge in [-0.15, -0.1) is 0 Å². The highest BCUT2D eigenvalue weighted by atomic mass is 16.5. The molecule has 0 saturated carbocycles. The lowest BCUT2D eigenvalue weighted by Gasteiger charge is -2.08. The Hall–Kier alpha value is -4.44. The minimum absolute atomic E-state index is 0.179. The number of benzene rings is 2. The van der Waals surface area contributed by atoms with E-state index < -0.39 is 11.9 Å². The van der Waals surface area contributed by atoms with E-state index in [1.165, 1.54) is 13.0 Å². The van der Waals surface area contributed by atoms with Gasteiger partial charge in [-0.05, 0) is 50.2 Å². The lowest BCUT2D eigenvalue weighted by atomic mass is 10.1. The molecule has 1 amide bonds. The van der Waals surface area contributed by atoms with Gasteiger partial charge in [0.25, 0.3) is 5.91 Å². The zero-order valence-corrected chi connectivity index (χ0v) is 17.5. The van der Waals surface area contributed by atoms with E-state index >= 15 is 0 Å². The van der Waals surface area contributed by atoms with Crippen LogP contribution in [0.5, 0.6) is 0 Å². The fraction of sp³-hybridized carbons (Fsp3) is 0.120. The summed E-state index contributed by atoms with van der Waals surface area (Å²) in [6, 6.07) is 18.4. The van der Waals surface area contributed by atoms with Gasteiger partial charge in [-0.1, -0.05) is 24.3 Å². The van der Waals surface area contributed by atoms with Crippen molar-refractivity contribution in [1.29, 1.82) is 5.26 Å². The van der Waals surface area contributed by atoms with E-state index in [0.29, 0.717) is 34.9 Å². The maximum atomic E-state index is 12.6. The van der Waals surface area contributed by atoms with Crippen LogP contribution in [0, 0.1) is 11.3 Å². The summed E-state index contributed by atoms with van der Waals surface area (Å²) < 4.78 is 10.7. The zero-order valence-electron chi connectivity index (χ0n) is 17.5. The topological polar surface area (TPSA) is 109 Å².